The van der Waals surface area contributed by atoms with E-state index >= 15 is 0 Å². The Morgan fingerprint density at radius 1 is 1.19 bits per heavy atom. The fourth-order valence-corrected chi connectivity index (χ4v) is 4.03. The molecule has 116 valence electrons. The van der Waals surface area contributed by atoms with Crippen molar-refractivity contribution < 1.29 is 4.39 Å². The van der Waals surface area contributed by atoms with Crippen molar-refractivity contribution in [2.45, 2.75) is 32.7 Å². The van der Waals surface area contributed by atoms with E-state index in [1.165, 1.54) is 31.5 Å². The Labute approximate surface area is 127 Å². The first-order chi connectivity index (χ1) is 10.2. The summed E-state index contributed by atoms with van der Waals surface area (Å²) in [5, 5.41) is 0. The Kier molecular flexibility index (Phi) is 4.55. The van der Waals surface area contributed by atoms with Crippen LogP contribution in [0.1, 0.15) is 30.7 Å². The summed E-state index contributed by atoms with van der Waals surface area (Å²) in [7, 11) is 0. The van der Waals surface area contributed by atoms with Gasteiger partial charge < -0.3 is 4.90 Å². The first-order valence-corrected chi connectivity index (χ1v) is 8.12. The topological polar surface area (TPSA) is 19.4 Å². The molecule has 0 aliphatic carbocycles. The van der Waals surface area contributed by atoms with E-state index in [0.29, 0.717) is 12.0 Å². The molecular weight excluding hydrogens is 265 g/mol. The van der Waals surface area contributed by atoms with Gasteiger partial charge in [0.25, 0.3) is 0 Å². The summed E-state index contributed by atoms with van der Waals surface area (Å²) >= 11 is 0. The zero-order chi connectivity index (χ0) is 14.7. The van der Waals surface area contributed by atoms with E-state index < -0.39 is 0 Å². The predicted octanol–water partition coefficient (Wildman–Crippen LogP) is 2.65. The quantitative estimate of drug-likeness (QED) is 0.850. The third-order valence-corrected chi connectivity index (χ3v) is 4.99. The zero-order valence-corrected chi connectivity index (χ0v) is 13.0. The number of hydrogen-bond acceptors (Lipinski definition) is 3. The van der Waals surface area contributed by atoms with E-state index in [2.05, 4.69) is 26.9 Å². The van der Waals surface area contributed by atoms with Gasteiger partial charge in [-0.05, 0) is 56.8 Å². The highest BCUT2D eigenvalue weighted by Crippen LogP contribution is 2.39. The molecule has 1 spiro atoms. The molecule has 2 aliphatic rings. The minimum atomic E-state index is -0.215. The van der Waals surface area contributed by atoms with Crippen molar-refractivity contribution in [1.29, 1.82) is 0 Å². The molecule has 1 atom stereocenters. The van der Waals surface area contributed by atoms with E-state index in [9.17, 15) is 4.39 Å². The van der Waals surface area contributed by atoms with Gasteiger partial charge in [0.05, 0.1) is 5.69 Å². The number of piperidine rings is 1. The molecule has 21 heavy (non-hydrogen) atoms. The molecule has 1 aromatic heterocycles. The lowest BCUT2D eigenvalue weighted by Gasteiger charge is -2.40. The van der Waals surface area contributed by atoms with Crippen molar-refractivity contribution in [3.63, 3.8) is 0 Å². The van der Waals surface area contributed by atoms with Crippen LogP contribution in [0, 0.1) is 12.3 Å². The van der Waals surface area contributed by atoms with Gasteiger partial charge in [-0.15, -0.1) is 0 Å². The van der Waals surface area contributed by atoms with Gasteiger partial charge in [-0.25, -0.2) is 4.39 Å². The van der Waals surface area contributed by atoms with Crippen LogP contribution in [0.4, 0.5) is 4.39 Å². The lowest BCUT2D eigenvalue weighted by Crippen LogP contribution is -2.44. The van der Waals surface area contributed by atoms with Gasteiger partial charge in [0, 0.05) is 31.9 Å². The van der Waals surface area contributed by atoms with Gasteiger partial charge in [0.1, 0.15) is 6.67 Å². The molecule has 3 heterocycles. The third kappa shape index (κ3) is 3.61. The normalized spacial score (nSPS) is 27.5. The highest BCUT2D eigenvalue weighted by Gasteiger charge is 2.40. The summed E-state index contributed by atoms with van der Waals surface area (Å²) in [6.45, 7) is 7.86. The molecule has 2 saturated heterocycles. The van der Waals surface area contributed by atoms with Crippen LogP contribution in [-0.2, 0) is 6.54 Å². The number of alkyl halides is 1. The molecule has 0 radical (unpaired) electrons. The number of rotatable bonds is 4. The number of halogens is 1. The van der Waals surface area contributed by atoms with Crippen LogP contribution in [0.3, 0.4) is 0 Å². The number of likely N-dealkylation sites (tertiary alicyclic amines) is 2. The van der Waals surface area contributed by atoms with E-state index in [-0.39, 0.29) is 6.67 Å². The maximum absolute atomic E-state index is 12.5. The Balaban J connectivity index is 1.61. The number of aromatic nitrogens is 1. The van der Waals surface area contributed by atoms with Crippen molar-refractivity contribution in [3.8, 4) is 0 Å². The monoisotopic (exact) mass is 291 g/mol. The molecule has 0 saturated carbocycles. The first-order valence-electron chi connectivity index (χ1n) is 8.12. The molecule has 4 heteroatoms. The lowest BCUT2D eigenvalue weighted by molar-refractivity contribution is 0.0858. The summed E-state index contributed by atoms with van der Waals surface area (Å²) < 4.78 is 12.5. The van der Waals surface area contributed by atoms with Gasteiger partial charge in [-0.3, -0.25) is 9.88 Å². The minimum Gasteiger partial charge on any atom is -0.300 e. The molecule has 3 nitrogen and oxygen atoms in total. The van der Waals surface area contributed by atoms with Crippen LogP contribution >= 0.6 is 0 Å². The van der Waals surface area contributed by atoms with Crippen molar-refractivity contribution in [2.24, 2.45) is 5.41 Å². The summed E-state index contributed by atoms with van der Waals surface area (Å²) in [5.74, 6) is 0. The Morgan fingerprint density at radius 3 is 2.86 bits per heavy atom. The first kappa shape index (κ1) is 14.9. The number of hydrogen-bond donors (Lipinski definition) is 0. The van der Waals surface area contributed by atoms with Crippen molar-refractivity contribution >= 4 is 0 Å². The molecule has 2 fully saturated rings. The molecular formula is C17H26FN3. The minimum absolute atomic E-state index is 0.215. The second kappa shape index (κ2) is 6.41. The van der Waals surface area contributed by atoms with Crippen LogP contribution in [0.25, 0.3) is 0 Å². The highest BCUT2D eigenvalue weighted by atomic mass is 19.1. The SMILES string of the molecule is Cc1cccc(CN2CCC[C@]3(CCN(CCF)C3)C2)n1. The summed E-state index contributed by atoms with van der Waals surface area (Å²) in [6.07, 6.45) is 3.79. The Bertz CT molecular complexity index is 479. The largest absolute Gasteiger partial charge is 0.300 e. The Morgan fingerprint density at radius 2 is 2.05 bits per heavy atom. The zero-order valence-electron chi connectivity index (χ0n) is 13.0. The fraction of sp³-hybridized carbons (Fsp3) is 0.706. The van der Waals surface area contributed by atoms with Gasteiger partial charge in [0.15, 0.2) is 0 Å². The van der Waals surface area contributed by atoms with E-state index in [1.807, 2.05) is 13.0 Å². The molecule has 0 unspecified atom stereocenters. The number of aryl methyl sites for hydroxylation is 1. The third-order valence-electron chi connectivity index (χ3n) is 4.99. The van der Waals surface area contributed by atoms with Crippen molar-refractivity contribution in [1.82, 2.24) is 14.8 Å². The molecule has 0 amide bonds. The standard InChI is InChI=1S/C17H26FN3/c1-15-4-2-5-16(19-15)12-21-9-3-6-17(14-21)7-10-20(13-17)11-8-18/h2,4-5H,3,6-14H2,1H3/t17-/m1/s1. The van der Waals surface area contributed by atoms with Crippen LogP contribution in [0.15, 0.2) is 18.2 Å². The van der Waals surface area contributed by atoms with E-state index in [0.717, 1.165) is 31.9 Å². The number of nitrogens with zero attached hydrogens (tertiary/aromatic N) is 3. The maximum Gasteiger partial charge on any atom is 0.102 e. The molecule has 2 aliphatic heterocycles. The van der Waals surface area contributed by atoms with Crippen LogP contribution in [0.5, 0.6) is 0 Å². The second-order valence-corrected chi connectivity index (χ2v) is 6.80. The van der Waals surface area contributed by atoms with Crippen LogP contribution in [0.2, 0.25) is 0 Å². The van der Waals surface area contributed by atoms with Crippen molar-refractivity contribution in [3.05, 3.63) is 29.6 Å². The molecule has 0 aromatic carbocycles. The molecule has 0 bridgehead atoms. The lowest BCUT2D eigenvalue weighted by atomic mass is 9.79. The van der Waals surface area contributed by atoms with Crippen molar-refractivity contribution in [2.75, 3.05) is 39.4 Å². The fourth-order valence-electron chi connectivity index (χ4n) is 4.03. The van der Waals surface area contributed by atoms with Crippen LogP contribution in [-0.4, -0.2) is 54.2 Å². The second-order valence-electron chi connectivity index (χ2n) is 6.80. The van der Waals surface area contributed by atoms with Crippen LogP contribution < -0.4 is 0 Å². The number of pyridine rings is 1. The van der Waals surface area contributed by atoms with E-state index in [4.69, 9.17) is 0 Å². The van der Waals surface area contributed by atoms with Gasteiger partial charge in [-0.1, -0.05) is 6.07 Å². The van der Waals surface area contributed by atoms with E-state index in [1.54, 1.807) is 0 Å². The molecule has 3 rings (SSSR count). The van der Waals surface area contributed by atoms with Gasteiger partial charge in [0.2, 0.25) is 0 Å². The highest BCUT2D eigenvalue weighted by molar-refractivity contribution is 5.10. The maximum atomic E-state index is 12.5. The average Bonchev–Trinajstić information content (AvgIpc) is 2.82. The van der Waals surface area contributed by atoms with Gasteiger partial charge >= 0.3 is 0 Å². The Hall–Kier alpha value is -1.00. The molecule has 0 N–H and O–H groups in total. The van der Waals surface area contributed by atoms with Gasteiger partial charge in [-0.2, -0.15) is 0 Å². The average molecular weight is 291 g/mol. The summed E-state index contributed by atoms with van der Waals surface area (Å²) in [6, 6.07) is 6.27. The summed E-state index contributed by atoms with van der Waals surface area (Å²) in [5.41, 5.74) is 2.66. The predicted molar refractivity (Wildman–Crippen MR) is 83.0 cm³/mol. The molecule has 1 aromatic rings. The summed E-state index contributed by atoms with van der Waals surface area (Å²) in [4.78, 5) is 9.47. The smallest absolute Gasteiger partial charge is 0.102 e.